The molecule has 0 aliphatic carbocycles. The van der Waals surface area contributed by atoms with Crippen LogP contribution in [0.25, 0.3) is 0 Å². The number of benzene rings is 1. The highest BCUT2D eigenvalue weighted by molar-refractivity contribution is 6.35. The Morgan fingerprint density at radius 1 is 1.11 bits per heavy atom. The van der Waals surface area contributed by atoms with Crippen LogP contribution in [0.3, 0.4) is 0 Å². The molecule has 1 saturated heterocycles. The molecule has 0 atom stereocenters. The normalized spacial score (nSPS) is 16.4. The molecule has 6 heteroatoms. The van der Waals surface area contributed by atoms with Crippen LogP contribution < -0.4 is 0 Å². The van der Waals surface area contributed by atoms with Gasteiger partial charge >= 0.3 is 5.97 Å². The van der Waals surface area contributed by atoms with Crippen molar-refractivity contribution in [1.82, 2.24) is 4.90 Å². The second-order valence-corrected chi connectivity index (χ2v) is 5.44. The third kappa shape index (κ3) is 3.39. The number of carboxylic acid groups (broad SMARTS) is 1. The van der Waals surface area contributed by atoms with E-state index >= 15 is 0 Å². The highest BCUT2D eigenvalue weighted by Crippen LogP contribution is 2.23. The number of piperidine rings is 1. The van der Waals surface area contributed by atoms with Gasteiger partial charge in [-0.1, -0.05) is 23.2 Å². The quantitative estimate of drug-likeness (QED) is 0.914. The SMILES string of the molecule is O=C(O)C1CCN(C(=O)c2cc(Cl)cc(Cl)c2)CC1. The summed E-state index contributed by atoms with van der Waals surface area (Å²) in [5.41, 5.74) is 0.436. The van der Waals surface area contributed by atoms with Crippen molar-refractivity contribution in [2.45, 2.75) is 12.8 Å². The minimum Gasteiger partial charge on any atom is -0.481 e. The van der Waals surface area contributed by atoms with E-state index in [-0.39, 0.29) is 11.8 Å². The number of hydrogen-bond donors (Lipinski definition) is 1. The average molecular weight is 302 g/mol. The Balaban J connectivity index is 2.07. The first-order chi connectivity index (χ1) is 8.97. The van der Waals surface area contributed by atoms with E-state index in [0.29, 0.717) is 41.5 Å². The fourth-order valence-corrected chi connectivity index (χ4v) is 2.72. The van der Waals surface area contributed by atoms with Gasteiger partial charge in [-0.05, 0) is 31.0 Å². The fraction of sp³-hybridized carbons (Fsp3) is 0.385. The van der Waals surface area contributed by atoms with Crippen LogP contribution in [0.15, 0.2) is 18.2 Å². The zero-order chi connectivity index (χ0) is 14.0. The molecule has 1 aliphatic heterocycles. The summed E-state index contributed by atoms with van der Waals surface area (Å²) in [6, 6.07) is 4.70. The van der Waals surface area contributed by atoms with Crippen molar-refractivity contribution in [2.75, 3.05) is 13.1 Å². The molecule has 1 amide bonds. The van der Waals surface area contributed by atoms with Gasteiger partial charge in [0.25, 0.3) is 5.91 Å². The van der Waals surface area contributed by atoms with Crippen molar-refractivity contribution in [3.05, 3.63) is 33.8 Å². The van der Waals surface area contributed by atoms with Gasteiger partial charge in [-0.25, -0.2) is 0 Å². The summed E-state index contributed by atoms with van der Waals surface area (Å²) in [4.78, 5) is 24.7. The lowest BCUT2D eigenvalue weighted by atomic mass is 9.96. The van der Waals surface area contributed by atoms with Crippen molar-refractivity contribution < 1.29 is 14.7 Å². The summed E-state index contributed by atoms with van der Waals surface area (Å²) in [6.07, 6.45) is 0.963. The zero-order valence-electron chi connectivity index (χ0n) is 10.1. The number of aliphatic carboxylic acids is 1. The first-order valence-corrected chi connectivity index (χ1v) is 6.71. The van der Waals surface area contributed by atoms with Crippen molar-refractivity contribution in [3.63, 3.8) is 0 Å². The molecule has 1 aromatic rings. The Bertz CT molecular complexity index is 490. The first-order valence-electron chi connectivity index (χ1n) is 5.95. The number of carboxylic acids is 1. The average Bonchev–Trinajstić information content (AvgIpc) is 2.37. The lowest BCUT2D eigenvalue weighted by Gasteiger charge is -2.30. The largest absolute Gasteiger partial charge is 0.481 e. The van der Waals surface area contributed by atoms with Gasteiger partial charge in [0.2, 0.25) is 0 Å². The smallest absolute Gasteiger partial charge is 0.306 e. The Labute approximate surface area is 120 Å². The molecule has 0 bridgehead atoms. The molecule has 1 heterocycles. The zero-order valence-corrected chi connectivity index (χ0v) is 11.6. The molecule has 1 aliphatic rings. The standard InChI is InChI=1S/C13H13Cl2NO3/c14-10-5-9(6-11(15)7-10)12(17)16-3-1-8(2-4-16)13(18)19/h5-8H,1-4H2,(H,18,19). The highest BCUT2D eigenvalue weighted by Gasteiger charge is 2.27. The van der Waals surface area contributed by atoms with Crippen LogP contribution >= 0.6 is 23.2 Å². The van der Waals surface area contributed by atoms with Crippen molar-refractivity contribution >= 4 is 35.1 Å². The molecule has 1 N–H and O–H groups in total. The van der Waals surface area contributed by atoms with Crippen LogP contribution in [0.5, 0.6) is 0 Å². The van der Waals surface area contributed by atoms with Crippen LogP contribution in [-0.2, 0) is 4.79 Å². The third-order valence-corrected chi connectivity index (χ3v) is 3.68. The molecule has 102 valence electrons. The van der Waals surface area contributed by atoms with Crippen molar-refractivity contribution in [1.29, 1.82) is 0 Å². The van der Waals surface area contributed by atoms with Crippen LogP contribution in [0.4, 0.5) is 0 Å². The lowest BCUT2D eigenvalue weighted by Crippen LogP contribution is -2.40. The molecule has 1 fully saturated rings. The Hall–Kier alpha value is -1.26. The number of nitrogens with zero attached hydrogens (tertiary/aromatic N) is 1. The number of halogens is 2. The Morgan fingerprint density at radius 3 is 2.11 bits per heavy atom. The highest BCUT2D eigenvalue weighted by atomic mass is 35.5. The maximum absolute atomic E-state index is 12.2. The molecule has 0 spiro atoms. The molecular weight excluding hydrogens is 289 g/mol. The number of likely N-dealkylation sites (tertiary alicyclic amines) is 1. The van der Waals surface area contributed by atoms with E-state index < -0.39 is 5.97 Å². The second-order valence-electron chi connectivity index (χ2n) is 4.56. The topological polar surface area (TPSA) is 57.6 Å². The number of carbonyl (C=O) groups excluding carboxylic acids is 1. The van der Waals surface area contributed by atoms with E-state index in [0.717, 1.165) is 0 Å². The number of rotatable bonds is 2. The third-order valence-electron chi connectivity index (χ3n) is 3.24. The molecule has 1 aromatic carbocycles. The molecular formula is C13H13Cl2NO3. The molecule has 0 aromatic heterocycles. The van der Waals surface area contributed by atoms with Gasteiger partial charge in [-0.3, -0.25) is 9.59 Å². The number of amides is 1. The number of carbonyl (C=O) groups is 2. The molecule has 0 unspecified atom stereocenters. The van der Waals surface area contributed by atoms with Gasteiger partial charge in [-0.2, -0.15) is 0 Å². The van der Waals surface area contributed by atoms with Crippen LogP contribution in [0.1, 0.15) is 23.2 Å². The maximum atomic E-state index is 12.2. The van der Waals surface area contributed by atoms with Gasteiger partial charge in [-0.15, -0.1) is 0 Å². The molecule has 0 radical (unpaired) electrons. The predicted octanol–water partition coefficient (Wildman–Crippen LogP) is 2.93. The predicted molar refractivity (Wildman–Crippen MR) is 72.7 cm³/mol. The second kappa shape index (κ2) is 5.80. The van der Waals surface area contributed by atoms with E-state index in [1.54, 1.807) is 23.1 Å². The van der Waals surface area contributed by atoms with Crippen LogP contribution in [-0.4, -0.2) is 35.0 Å². The van der Waals surface area contributed by atoms with Crippen molar-refractivity contribution in [3.8, 4) is 0 Å². The summed E-state index contributed by atoms with van der Waals surface area (Å²) in [5.74, 6) is -1.31. The molecule has 0 saturated carbocycles. The Kier molecular flexibility index (Phi) is 4.32. The summed E-state index contributed by atoms with van der Waals surface area (Å²) in [6.45, 7) is 0.889. The van der Waals surface area contributed by atoms with Crippen LogP contribution in [0.2, 0.25) is 10.0 Å². The lowest BCUT2D eigenvalue weighted by molar-refractivity contribution is -0.143. The van der Waals surface area contributed by atoms with E-state index in [2.05, 4.69) is 0 Å². The van der Waals surface area contributed by atoms with E-state index in [1.165, 1.54) is 0 Å². The minimum atomic E-state index is -0.794. The summed E-state index contributed by atoms with van der Waals surface area (Å²) in [5, 5.41) is 9.74. The van der Waals surface area contributed by atoms with Crippen LogP contribution in [0, 0.1) is 5.92 Å². The first kappa shape index (κ1) is 14.2. The molecule has 19 heavy (non-hydrogen) atoms. The van der Waals surface area contributed by atoms with E-state index in [1.807, 2.05) is 0 Å². The maximum Gasteiger partial charge on any atom is 0.306 e. The van der Waals surface area contributed by atoms with Gasteiger partial charge in [0.1, 0.15) is 0 Å². The molecule has 2 rings (SSSR count). The molecule has 4 nitrogen and oxygen atoms in total. The van der Waals surface area contributed by atoms with Gasteiger partial charge < -0.3 is 10.0 Å². The van der Waals surface area contributed by atoms with Gasteiger partial charge in [0, 0.05) is 28.7 Å². The van der Waals surface area contributed by atoms with Gasteiger partial charge in [0.05, 0.1) is 5.92 Å². The summed E-state index contributed by atoms with van der Waals surface area (Å²) >= 11 is 11.7. The summed E-state index contributed by atoms with van der Waals surface area (Å²) < 4.78 is 0. The Morgan fingerprint density at radius 2 is 1.63 bits per heavy atom. The van der Waals surface area contributed by atoms with E-state index in [4.69, 9.17) is 28.3 Å². The number of hydrogen-bond acceptors (Lipinski definition) is 2. The van der Waals surface area contributed by atoms with Crippen molar-refractivity contribution in [2.24, 2.45) is 5.92 Å². The fourth-order valence-electron chi connectivity index (χ4n) is 2.19. The minimum absolute atomic E-state index is 0.159. The summed E-state index contributed by atoms with van der Waals surface area (Å²) in [7, 11) is 0. The monoisotopic (exact) mass is 301 g/mol. The van der Waals surface area contributed by atoms with E-state index in [9.17, 15) is 9.59 Å². The van der Waals surface area contributed by atoms with Gasteiger partial charge in [0.15, 0.2) is 0 Å².